The van der Waals surface area contributed by atoms with Gasteiger partial charge in [0.1, 0.15) is 17.3 Å². The summed E-state index contributed by atoms with van der Waals surface area (Å²) in [5.41, 5.74) is 0.400. The fourth-order valence-corrected chi connectivity index (χ4v) is 3.67. The van der Waals surface area contributed by atoms with Gasteiger partial charge in [0.05, 0.1) is 11.7 Å². The van der Waals surface area contributed by atoms with Gasteiger partial charge in [-0.2, -0.15) is 0 Å². The van der Waals surface area contributed by atoms with Gasteiger partial charge < -0.3 is 19.0 Å². The van der Waals surface area contributed by atoms with Crippen LogP contribution in [-0.4, -0.2) is 54.9 Å². The Hall–Kier alpha value is -3.03. The van der Waals surface area contributed by atoms with Gasteiger partial charge in [-0.1, -0.05) is 6.07 Å². The molecule has 1 aliphatic rings. The van der Waals surface area contributed by atoms with E-state index in [9.17, 15) is 17.6 Å². The molecule has 1 aromatic heterocycles. The Kier molecular flexibility index (Phi) is 7.66. The number of piperidine rings is 1. The Morgan fingerprint density at radius 1 is 1.21 bits per heavy atom. The van der Waals surface area contributed by atoms with E-state index in [1.54, 1.807) is 20.8 Å². The highest BCUT2D eigenvalue weighted by molar-refractivity contribution is 7.89. The molecule has 0 aliphatic carbocycles. The maximum atomic E-state index is 14.5. The second-order valence-corrected chi connectivity index (χ2v) is 9.11. The van der Waals surface area contributed by atoms with Gasteiger partial charge in [0.25, 0.3) is 0 Å². The van der Waals surface area contributed by atoms with Crippen LogP contribution in [0.1, 0.15) is 32.3 Å². The fourth-order valence-electron chi connectivity index (χ4n) is 3.05. The molecule has 0 bridgehead atoms. The lowest BCUT2D eigenvalue weighted by molar-refractivity contribution is -0.151. The Bertz CT molecular complexity index is 1110. The highest BCUT2D eigenvalue weighted by Gasteiger charge is 2.26. The summed E-state index contributed by atoms with van der Waals surface area (Å²) in [5.74, 6) is -1.24. The number of hydroxylamine groups is 2. The first-order valence-corrected chi connectivity index (χ1v) is 11.7. The standard InChI is InChI=1S/C20H25FN4O7S/c1-12(2)29-20(26)32-25-9-7-14(8-10-25)30-18-13(3)19(24-11-23-18)31-15-5-4-6-16(17(15)21)33(22,27)28/h4-6,11-12,14H,7-10H2,1-3H3,(H2,22,27,28). The molecule has 0 spiro atoms. The molecule has 0 unspecified atom stereocenters. The van der Waals surface area contributed by atoms with Gasteiger partial charge in [0, 0.05) is 25.9 Å². The summed E-state index contributed by atoms with van der Waals surface area (Å²) < 4.78 is 54.0. The molecule has 1 aromatic carbocycles. The molecule has 1 fully saturated rings. The van der Waals surface area contributed by atoms with Crippen molar-refractivity contribution in [2.75, 3.05) is 13.1 Å². The normalized spacial score (nSPS) is 15.3. The van der Waals surface area contributed by atoms with Gasteiger partial charge in [-0.25, -0.2) is 32.7 Å². The van der Waals surface area contributed by atoms with Gasteiger partial charge in [-0.15, -0.1) is 5.06 Å². The van der Waals surface area contributed by atoms with Crippen LogP contribution in [0.15, 0.2) is 29.4 Å². The summed E-state index contributed by atoms with van der Waals surface area (Å²) in [4.78, 5) is 24.2. The number of hydrogen-bond acceptors (Lipinski definition) is 10. The number of hydrogen-bond donors (Lipinski definition) is 1. The first-order chi connectivity index (χ1) is 15.5. The Labute approximate surface area is 190 Å². The second-order valence-electron chi connectivity index (χ2n) is 7.58. The molecule has 0 amide bonds. The van der Waals surface area contributed by atoms with E-state index in [0.29, 0.717) is 31.5 Å². The maximum absolute atomic E-state index is 14.5. The minimum atomic E-state index is -4.26. The van der Waals surface area contributed by atoms with Crippen LogP contribution in [0, 0.1) is 12.7 Å². The second kappa shape index (κ2) is 10.3. The topological polar surface area (TPSA) is 143 Å². The largest absolute Gasteiger partial charge is 0.528 e. The quantitative estimate of drug-likeness (QED) is 0.583. The van der Waals surface area contributed by atoms with Crippen LogP contribution in [0.3, 0.4) is 0 Å². The van der Waals surface area contributed by atoms with Crippen LogP contribution in [0.25, 0.3) is 0 Å². The average molecular weight is 485 g/mol. The molecule has 13 heteroatoms. The molecule has 2 N–H and O–H groups in total. The molecular weight excluding hydrogens is 459 g/mol. The van der Waals surface area contributed by atoms with Gasteiger partial charge >= 0.3 is 6.16 Å². The summed E-state index contributed by atoms with van der Waals surface area (Å²) in [6, 6.07) is 3.60. The van der Waals surface area contributed by atoms with Gasteiger partial charge in [0.15, 0.2) is 11.6 Å². The van der Waals surface area contributed by atoms with Gasteiger partial charge in [-0.05, 0) is 32.9 Å². The number of primary sulfonamides is 1. The Morgan fingerprint density at radius 2 is 1.88 bits per heavy atom. The van der Waals surface area contributed by atoms with E-state index in [1.807, 2.05) is 0 Å². The maximum Gasteiger partial charge on any atom is 0.528 e. The number of sulfonamides is 1. The lowest BCUT2D eigenvalue weighted by atomic mass is 10.1. The van der Waals surface area contributed by atoms with Crippen molar-refractivity contribution in [3.8, 4) is 17.5 Å². The first-order valence-electron chi connectivity index (χ1n) is 10.2. The van der Waals surface area contributed by atoms with Crippen molar-refractivity contribution in [3.05, 3.63) is 35.9 Å². The minimum absolute atomic E-state index is 0.00247. The molecule has 33 heavy (non-hydrogen) atoms. The van der Waals surface area contributed by atoms with E-state index in [0.717, 1.165) is 6.07 Å². The average Bonchev–Trinajstić information content (AvgIpc) is 2.72. The zero-order valence-electron chi connectivity index (χ0n) is 18.4. The SMILES string of the molecule is Cc1c(Oc2cccc(S(N)(=O)=O)c2F)ncnc1OC1CCN(OC(=O)OC(C)C)CC1. The van der Waals surface area contributed by atoms with Crippen molar-refractivity contribution in [2.45, 2.75) is 50.7 Å². The monoisotopic (exact) mass is 484 g/mol. The highest BCUT2D eigenvalue weighted by Crippen LogP contribution is 2.32. The number of benzene rings is 1. The number of nitrogens with two attached hydrogens (primary N) is 1. The number of carbonyl (C=O) groups is 1. The van der Waals surface area contributed by atoms with Crippen molar-refractivity contribution in [1.29, 1.82) is 0 Å². The summed E-state index contributed by atoms with van der Waals surface area (Å²) in [6.07, 6.45) is 1.07. The lowest BCUT2D eigenvalue weighted by Crippen LogP contribution is -2.40. The molecule has 0 radical (unpaired) electrons. The van der Waals surface area contributed by atoms with Crippen LogP contribution in [-0.2, 0) is 19.6 Å². The summed E-state index contributed by atoms with van der Waals surface area (Å²) in [7, 11) is -4.26. The third kappa shape index (κ3) is 6.49. The molecule has 1 aliphatic heterocycles. The number of ether oxygens (including phenoxy) is 3. The van der Waals surface area contributed by atoms with Crippen LogP contribution in [0.4, 0.5) is 9.18 Å². The van der Waals surface area contributed by atoms with Crippen LogP contribution in [0.2, 0.25) is 0 Å². The van der Waals surface area contributed by atoms with Crippen molar-refractivity contribution in [3.63, 3.8) is 0 Å². The zero-order chi connectivity index (χ0) is 24.2. The zero-order valence-corrected chi connectivity index (χ0v) is 19.2. The van der Waals surface area contributed by atoms with Gasteiger partial charge in [-0.3, -0.25) is 0 Å². The predicted octanol–water partition coefficient (Wildman–Crippen LogP) is 2.68. The van der Waals surface area contributed by atoms with Crippen LogP contribution in [0.5, 0.6) is 17.5 Å². The predicted molar refractivity (Wildman–Crippen MR) is 113 cm³/mol. The summed E-state index contributed by atoms with van der Waals surface area (Å²) in [5, 5.41) is 6.54. The number of carbonyl (C=O) groups excluding carboxylic acids is 1. The lowest BCUT2D eigenvalue weighted by Gasteiger charge is -2.30. The fraction of sp³-hybridized carbons (Fsp3) is 0.450. The van der Waals surface area contributed by atoms with Crippen molar-refractivity contribution < 1.29 is 36.7 Å². The molecule has 0 atom stereocenters. The van der Waals surface area contributed by atoms with Crippen molar-refractivity contribution in [1.82, 2.24) is 15.0 Å². The van der Waals surface area contributed by atoms with E-state index in [1.165, 1.54) is 23.5 Å². The molecule has 1 saturated heterocycles. The smallest absolute Gasteiger partial charge is 0.474 e. The molecular formula is C20H25FN4O7S. The van der Waals surface area contributed by atoms with Gasteiger partial charge in [0.2, 0.25) is 21.8 Å². The molecule has 2 aromatic rings. The van der Waals surface area contributed by atoms with Crippen LogP contribution >= 0.6 is 0 Å². The van der Waals surface area contributed by atoms with Crippen molar-refractivity contribution >= 4 is 16.2 Å². The molecule has 11 nitrogen and oxygen atoms in total. The van der Waals surface area contributed by atoms with Crippen molar-refractivity contribution in [2.24, 2.45) is 5.14 Å². The van der Waals surface area contributed by atoms with E-state index in [2.05, 4.69) is 9.97 Å². The molecule has 180 valence electrons. The van der Waals surface area contributed by atoms with E-state index < -0.39 is 26.9 Å². The molecule has 3 rings (SSSR count). The summed E-state index contributed by atoms with van der Waals surface area (Å²) in [6.45, 7) is 5.98. The number of aromatic nitrogens is 2. The third-order valence-corrected chi connectivity index (χ3v) is 5.58. The van der Waals surface area contributed by atoms with E-state index in [-0.39, 0.29) is 29.7 Å². The Morgan fingerprint density at radius 3 is 2.52 bits per heavy atom. The third-order valence-electron chi connectivity index (χ3n) is 4.65. The number of nitrogens with zero attached hydrogens (tertiary/aromatic N) is 3. The number of rotatable bonds is 7. The molecule has 2 heterocycles. The van der Waals surface area contributed by atoms with E-state index in [4.69, 9.17) is 24.2 Å². The Balaban J connectivity index is 1.64. The highest BCUT2D eigenvalue weighted by atomic mass is 32.2. The minimum Gasteiger partial charge on any atom is -0.474 e. The number of halogens is 1. The first kappa shape index (κ1) is 24.6. The molecule has 0 saturated carbocycles. The van der Waals surface area contributed by atoms with E-state index >= 15 is 0 Å². The van der Waals surface area contributed by atoms with Crippen LogP contribution < -0.4 is 14.6 Å². The summed E-state index contributed by atoms with van der Waals surface area (Å²) >= 11 is 0.